The van der Waals surface area contributed by atoms with Crippen LogP contribution in [0.5, 0.6) is 5.75 Å². The lowest BCUT2D eigenvalue weighted by Gasteiger charge is -2.35. The maximum atomic E-state index is 12.7. The Balaban J connectivity index is 1.63. The van der Waals surface area contributed by atoms with Crippen molar-refractivity contribution in [2.75, 3.05) is 13.1 Å². The minimum absolute atomic E-state index is 0.0558. The first kappa shape index (κ1) is 18.6. The molecule has 1 aliphatic heterocycles. The lowest BCUT2D eigenvalue weighted by Crippen LogP contribution is -2.52. The van der Waals surface area contributed by atoms with Crippen LogP contribution in [0.3, 0.4) is 0 Å². The number of nitrogens with zero attached hydrogens (tertiary/aromatic N) is 3. The number of carbonyl (C=O) groups excluding carboxylic acids is 2. The Hall–Kier alpha value is -3.16. The van der Waals surface area contributed by atoms with E-state index in [1.807, 2.05) is 6.92 Å². The van der Waals surface area contributed by atoms with Gasteiger partial charge in [0.1, 0.15) is 11.3 Å². The van der Waals surface area contributed by atoms with Crippen LogP contribution in [0.25, 0.3) is 0 Å². The number of hydrogen-bond acceptors (Lipinski definition) is 5. The van der Waals surface area contributed by atoms with Crippen LogP contribution in [0.1, 0.15) is 35.8 Å². The van der Waals surface area contributed by atoms with E-state index in [-0.39, 0.29) is 29.5 Å². The molecule has 2 aromatic heterocycles. The summed E-state index contributed by atoms with van der Waals surface area (Å²) in [4.78, 5) is 30.9. The maximum Gasteiger partial charge on any atom is 0.257 e. The first-order valence-corrected chi connectivity index (χ1v) is 8.79. The van der Waals surface area contributed by atoms with E-state index in [4.69, 9.17) is 0 Å². The molecule has 0 unspecified atom stereocenters. The molecular formula is C19H22N4O4. The Bertz CT molecular complexity index is 840. The topological polar surface area (TPSA) is 109 Å². The highest BCUT2D eigenvalue weighted by Gasteiger charge is 2.39. The second-order valence-electron chi connectivity index (χ2n) is 6.97. The van der Waals surface area contributed by atoms with Gasteiger partial charge in [0.05, 0.1) is 18.2 Å². The molecule has 142 valence electrons. The number of carbonyl (C=O) groups is 2. The first-order chi connectivity index (χ1) is 12.9. The number of aromatic nitrogens is 2. The minimum atomic E-state index is -0.494. The molecule has 1 saturated heterocycles. The van der Waals surface area contributed by atoms with E-state index in [1.165, 1.54) is 30.7 Å². The molecule has 0 radical (unpaired) electrons. The Morgan fingerprint density at radius 1 is 1.41 bits per heavy atom. The smallest absolute Gasteiger partial charge is 0.257 e. The molecule has 2 aromatic rings. The number of likely N-dealkylation sites (tertiary alicyclic amines) is 1. The predicted octanol–water partition coefficient (Wildman–Crippen LogP) is 0.774. The molecule has 1 atom stereocenters. The van der Waals surface area contributed by atoms with Crippen molar-refractivity contribution in [2.24, 2.45) is 0 Å². The summed E-state index contributed by atoms with van der Waals surface area (Å²) < 4.78 is 0.576. The van der Waals surface area contributed by atoms with Crippen molar-refractivity contribution in [3.8, 4) is 5.75 Å². The van der Waals surface area contributed by atoms with Crippen molar-refractivity contribution in [2.45, 2.75) is 31.7 Å². The molecule has 2 N–H and O–H groups in total. The fourth-order valence-corrected chi connectivity index (χ4v) is 3.37. The summed E-state index contributed by atoms with van der Waals surface area (Å²) in [6.45, 7) is 2.87. The molecular weight excluding hydrogens is 348 g/mol. The number of pyridine rings is 2. The molecule has 0 saturated carbocycles. The summed E-state index contributed by atoms with van der Waals surface area (Å²) in [7, 11) is 0. The normalized spacial score (nSPS) is 19.1. The van der Waals surface area contributed by atoms with E-state index in [0.29, 0.717) is 23.5 Å². The average Bonchev–Trinajstić information content (AvgIpc) is 3.04. The number of nitrogens with one attached hydrogen (secondary N) is 1. The molecule has 2 amide bonds. The fraction of sp³-hybridized carbons (Fsp3) is 0.368. The highest BCUT2D eigenvalue weighted by atomic mass is 16.5. The summed E-state index contributed by atoms with van der Waals surface area (Å²) in [5, 5.41) is 23.4. The molecule has 8 heteroatoms. The third-order valence-corrected chi connectivity index (χ3v) is 4.86. The zero-order chi connectivity index (χ0) is 19.4. The first-order valence-electron chi connectivity index (χ1n) is 8.79. The lowest BCUT2D eigenvalue weighted by atomic mass is 9.98. The largest absolute Gasteiger partial charge is 0.619 e. The van der Waals surface area contributed by atoms with Gasteiger partial charge in [0, 0.05) is 24.8 Å². The zero-order valence-electron chi connectivity index (χ0n) is 15.1. The van der Waals surface area contributed by atoms with Gasteiger partial charge in [-0.25, -0.2) is 0 Å². The maximum absolute atomic E-state index is 12.7. The summed E-state index contributed by atoms with van der Waals surface area (Å²) in [5.41, 5.74) is 0.368. The van der Waals surface area contributed by atoms with Crippen LogP contribution in [0, 0.1) is 5.21 Å². The van der Waals surface area contributed by atoms with E-state index in [9.17, 15) is 19.9 Å². The molecule has 0 aliphatic carbocycles. The summed E-state index contributed by atoms with van der Waals surface area (Å²) in [6.07, 6.45) is 5.61. The van der Waals surface area contributed by atoms with Crippen LogP contribution in [0.2, 0.25) is 0 Å². The highest BCUT2D eigenvalue weighted by molar-refractivity contribution is 5.93. The van der Waals surface area contributed by atoms with Gasteiger partial charge in [0.2, 0.25) is 5.91 Å². The Morgan fingerprint density at radius 2 is 2.22 bits per heavy atom. The van der Waals surface area contributed by atoms with Gasteiger partial charge in [-0.05, 0) is 38.0 Å². The van der Waals surface area contributed by atoms with Crippen molar-refractivity contribution in [1.29, 1.82) is 0 Å². The predicted molar refractivity (Wildman–Crippen MR) is 96.7 cm³/mol. The number of hydrogen-bond donors (Lipinski definition) is 2. The van der Waals surface area contributed by atoms with E-state index in [0.717, 1.165) is 12.8 Å². The molecule has 0 aromatic carbocycles. The fourth-order valence-electron chi connectivity index (χ4n) is 3.37. The Kier molecular flexibility index (Phi) is 5.25. The molecule has 1 fully saturated rings. The van der Waals surface area contributed by atoms with Crippen LogP contribution in [0.4, 0.5) is 0 Å². The van der Waals surface area contributed by atoms with Crippen LogP contribution in [0.15, 0.2) is 42.9 Å². The van der Waals surface area contributed by atoms with Gasteiger partial charge in [0.25, 0.3) is 5.91 Å². The van der Waals surface area contributed by atoms with Gasteiger partial charge in [0.15, 0.2) is 12.4 Å². The third-order valence-electron chi connectivity index (χ3n) is 4.86. The zero-order valence-corrected chi connectivity index (χ0v) is 15.1. The minimum Gasteiger partial charge on any atom is -0.619 e. The summed E-state index contributed by atoms with van der Waals surface area (Å²) in [5.74, 6) is -0.360. The second kappa shape index (κ2) is 7.61. The van der Waals surface area contributed by atoms with Crippen LogP contribution >= 0.6 is 0 Å². The SMILES string of the molecule is C[C@]1(CNC(=O)c2ccc[n+]([O-])c2)CCCN1C(=O)Cc1ccc(O)cn1. The van der Waals surface area contributed by atoms with Gasteiger partial charge in [-0.15, -0.1) is 0 Å². The number of aromatic hydroxyl groups is 1. The van der Waals surface area contributed by atoms with Crippen molar-refractivity contribution >= 4 is 11.8 Å². The van der Waals surface area contributed by atoms with Crippen molar-refractivity contribution < 1.29 is 19.4 Å². The van der Waals surface area contributed by atoms with Crippen LogP contribution < -0.4 is 10.0 Å². The molecule has 1 aliphatic rings. The molecule has 27 heavy (non-hydrogen) atoms. The average molecular weight is 370 g/mol. The molecule has 3 heterocycles. The quantitative estimate of drug-likeness (QED) is 0.597. The monoisotopic (exact) mass is 370 g/mol. The van der Waals surface area contributed by atoms with Gasteiger partial charge in [-0.3, -0.25) is 14.6 Å². The molecule has 0 spiro atoms. The van der Waals surface area contributed by atoms with Crippen molar-refractivity contribution in [1.82, 2.24) is 15.2 Å². The van der Waals surface area contributed by atoms with Crippen molar-refractivity contribution in [3.63, 3.8) is 0 Å². The highest BCUT2D eigenvalue weighted by Crippen LogP contribution is 2.29. The van der Waals surface area contributed by atoms with E-state index in [2.05, 4.69) is 10.3 Å². The Labute approximate surface area is 157 Å². The lowest BCUT2D eigenvalue weighted by molar-refractivity contribution is -0.605. The van der Waals surface area contributed by atoms with Gasteiger partial charge in [-0.1, -0.05) is 0 Å². The van der Waals surface area contributed by atoms with E-state index < -0.39 is 5.54 Å². The van der Waals surface area contributed by atoms with Gasteiger partial charge in [-0.2, -0.15) is 4.73 Å². The molecule has 3 rings (SSSR count). The van der Waals surface area contributed by atoms with Crippen LogP contribution in [-0.2, 0) is 11.2 Å². The number of amides is 2. The number of rotatable bonds is 5. The van der Waals surface area contributed by atoms with Gasteiger partial charge >= 0.3 is 0 Å². The summed E-state index contributed by atoms with van der Waals surface area (Å²) >= 11 is 0. The third kappa shape index (κ3) is 4.33. The summed E-state index contributed by atoms with van der Waals surface area (Å²) in [6, 6.07) is 6.21. The van der Waals surface area contributed by atoms with Gasteiger partial charge < -0.3 is 20.5 Å². The van der Waals surface area contributed by atoms with Crippen molar-refractivity contribution in [3.05, 3.63) is 59.3 Å². The molecule has 0 bridgehead atoms. The second-order valence-corrected chi connectivity index (χ2v) is 6.97. The van der Waals surface area contributed by atoms with E-state index >= 15 is 0 Å². The van der Waals surface area contributed by atoms with Crippen LogP contribution in [-0.4, -0.2) is 45.4 Å². The van der Waals surface area contributed by atoms with E-state index in [1.54, 1.807) is 17.0 Å². The Morgan fingerprint density at radius 3 is 2.93 bits per heavy atom. The molecule has 8 nitrogen and oxygen atoms in total. The standard InChI is InChI=1S/C19H22N4O4/c1-19(13-21-18(26)14-4-2-8-22(27)12-14)7-3-9-23(19)17(25)10-15-5-6-16(24)11-20-15/h2,4-6,8,11-12,24H,3,7,9-10,13H2,1H3,(H,21,26)/t19-/m1/s1.